The zero-order valence-corrected chi connectivity index (χ0v) is 17.1. The van der Waals surface area contributed by atoms with Gasteiger partial charge in [-0.3, -0.25) is 9.59 Å². The highest BCUT2D eigenvalue weighted by Gasteiger charge is 2.25. The summed E-state index contributed by atoms with van der Waals surface area (Å²) in [5.74, 6) is -1.49. The van der Waals surface area contributed by atoms with E-state index in [1.54, 1.807) is 12.1 Å². The molecule has 31 heavy (non-hydrogen) atoms. The highest BCUT2D eigenvalue weighted by atomic mass is 16.5. The van der Waals surface area contributed by atoms with Crippen LogP contribution >= 0.6 is 0 Å². The van der Waals surface area contributed by atoms with Crippen molar-refractivity contribution in [2.24, 2.45) is 0 Å². The smallest absolute Gasteiger partial charge is 0.329 e. The fraction of sp³-hybridized carbons (Fsp3) is 0.160. The van der Waals surface area contributed by atoms with Crippen molar-refractivity contribution in [2.45, 2.75) is 26.0 Å². The van der Waals surface area contributed by atoms with Crippen LogP contribution in [0.2, 0.25) is 0 Å². The molecule has 0 saturated heterocycles. The zero-order valence-electron chi connectivity index (χ0n) is 17.1. The minimum absolute atomic E-state index is 0.102. The number of hydrogen-bond acceptors (Lipinski definition) is 5. The third-order valence-electron chi connectivity index (χ3n) is 4.48. The number of nitrogens with one attached hydrogen (secondary N) is 1. The first kappa shape index (κ1) is 21.8. The lowest BCUT2D eigenvalue weighted by Gasteiger charge is -2.19. The molecule has 3 aromatic rings. The zero-order chi connectivity index (χ0) is 22.1. The van der Waals surface area contributed by atoms with E-state index in [0.29, 0.717) is 0 Å². The molecule has 0 saturated carbocycles. The monoisotopic (exact) mass is 417 g/mol. The summed E-state index contributed by atoms with van der Waals surface area (Å²) in [5.41, 5.74) is 1.88. The Labute approximate surface area is 180 Å². The highest BCUT2D eigenvalue weighted by Crippen LogP contribution is 2.19. The molecule has 1 atom stereocenters. The van der Waals surface area contributed by atoms with Gasteiger partial charge >= 0.3 is 11.9 Å². The summed E-state index contributed by atoms with van der Waals surface area (Å²) < 4.78 is 10.6. The molecule has 6 heteroatoms. The number of ether oxygens (including phenoxy) is 2. The van der Waals surface area contributed by atoms with E-state index >= 15 is 0 Å². The van der Waals surface area contributed by atoms with Crippen LogP contribution in [0.1, 0.15) is 28.4 Å². The molecule has 0 aliphatic rings. The molecule has 0 aliphatic carbocycles. The molecule has 0 spiro atoms. The van der Waals surface area contributed by atoms with Crippen LogP contribution in [0.15, 0.2) is 84.9 Å². The lowest BCUT2D eigenvalue weighted by atomic mass is 10.1. The Morgan fingerprint density at radius 2 is 1.39 bits per heavy atom. The molecule has 1 amide bonds. The molecule has 0 bridgehead atoms. The summed E-state index contributed by atoms with van der Waals surface area (Å²) in [6.45, 7) is 1.36. The molecule has 3 rings (SSSR count). The maximum absolute atomic E-state index is 12.9. The van der Waals surface area contributed by atoms with Crippen LogP contribution in [-0.4, -0.2) is 23.9 Å². The Morgan fingerprint density at radius 1 is 0.806 bits per heavy atom. The molecule has 0 aromatic heterocycles. The van der Waals surface area contributed by atoms with Crippen LogP contribution in [0.4, 0.5) is 0 Å². The third-order valence-corrected chi connectivity index (χ3v) is 4.48. The lowest BCUT2D eigenvalue weighted by Crippen LogP contribution is -2.43. The number of benzene rings is 3. The van der Waals surface area contributed by atoms with E-state index in [2.05, 4.69) is 5.32 Å². The molecule has 6 nitrogen and oxygen atoms in total. The van der Waals surface area contributed by atoms with Crippen molar-refractivity contribution >= 4 is 17.8 Å². The van der Waals surface area contributed by atoms with E-state index in [-0.39, 0.29) is 24.3 Å². The Balaban J connectivity index is 1.77. The molecule has 158 valence electrons. The van der Waals surface area contributed by atoms with Crippen molar-refractivity contribution in [3.8, 4) is 5.75 Å². The standard InChI is InChI=1S/C25H23NO5/c1-18(27)31-23-15-9-8-14-21(23)24(28)26-22(16-19-10-4-2-5-11-19)25(29)30-17-20-12-6-3-7-13-20/h2-15,22H,16-17H2,1H3,(H,26,28)/t22-/m0/s1. The summed E-state index contributed by atoms with van der Waals surface area (Å²) in [6.07, 6.45) is 0.260. The number of carbonyl (C=O) groups excluding carboxylic acids is 3. The second-order valence-electron chi connectivity index (χ2n) is 6.90. The van der Waals surface area contributed by atoms with Crippen LogP contribution in [0, 0.1) is 0 Å². The predicted octanol–water partition coefficient (Wildman–Crippen LogP) is 3.70. The van der Waals surface area contributed by atoms with E-state index in [1.165, 1.54) is 19.1 Å². The summed E-state index contributed by atoms with van der Waals surface area (Å²) in [7, 11) is 0. The van der Waals surface area contributed by atoms with Gasteiger partial charge in [-0.1, -0.05) is 72.8 Å². The number of amides is 1. The number of carbonyl (C=O) groups is 3. The van der Waals surface area contributed by atoms with Gasteiger partial charge in [0.05, 0.1) is 5.56 Å². The summed E-state index contributed by atoms with van der Waals surface area (Å²) in [5, 5.41) is 2.73. The molecule has 1 N–H and O–H groups in total. The van der Waals surface area contributed by atoms with Crippen molar-refractivity contribution in [3.63, 3.8) is 0 Å². The number of esters is 2. The van der Waals surface area contributed by atoms with Gasteiger partial charge < -0.3 is 14.8 Å². The van der Waals surface area contributed by atoms with Gasteiger partial charge in [-0.2, -0.15) is 0 Å². The van der Waals surface area contributed by atoms with Crippen molar-refractivity contribution in [2.75, 3.05) is 0 Å². The molecule has 0 aliphatic heterocycles. The fourth-order valence-electron chi connectivity index (χ4n) is 3.01. The molecular weight excluding hydrogens is 394 g/mol. The Kier molecular flexibility index (Phi) is 7.54. The number of hydrogen-bond donors (Lipinski definition) is 1. The maximum atomic E-state index is 12.9. The van der Waals surface area contributed by atoms with Crippen molar-refractivity contribution in [3.05, 3.63) is 102 Å². The van der Waals surface area contributed by atoms with E-state index in [4.69, 9.17) is 9.47 Å². The number of para-hydroxylation sites is 1. The van der Waals surface area contributed by atoms with Crippen molar-refractivity contribution in [1.82, 2.24) is 5.32 Å². The first-order chi connectivity index (χ1) is 15.0. The van der Waals surface area contributed by atoms with Gasteiger partial charge in [0.15, 0.2) is 0 Å². The van der Waals surface area contributed by atoms with Gasteiger partial charge in [0.2, 0.25) is 0 Å². The summed E-state index contributed by atoms with van der Waals surface area (Å²) >= 11 is 0. The molecule has 0 heterocycles. The quantitative estimate of drug-likeness (QED) is 0.447. The van der Waals surface area contributed by atoms with Gasteiger partial charge in [0.25, 0.3) is 5.91 Å². The fourth-order valence-corrected chi connectivity index (χ4v) is 3.01. The van der Waals surface area contributed by atoms with E-state index in [0.717, 1.165) is 11.1 Å². The average Bonchev–Trinajstić information content (AvgIpc) is 2.78. The van der Waals surface area contributed by atoms with Crippen LogP contribution in [-0.2, 0) is 27.4 Å². The van der Waals surface area contributed by atoms with Gasteiger partial charge in [-0.15, -0.1) is 0 Å². The largest absolute Gasteiger partial charge is 0.459 e. The molecule has 0 fully saturated rings. The average molecular weight is 417 g/mol. The third kappa shape index (κ3) is 6.54. The SMILES string of the molecule is CC(=O)Oc1ccccc1C(=O)N[C@@H](Cc1ccccc1)C(=O)OCc1ccccc1. The number of rotatable bonds is 8. The van der Waals surface area contributed by atoms with Gasteiger partial charge in [0, 0.05) is 13.3 Å². The van der Waals surface area contributed by atoms with Gasteiger partial charge in [0.1, 0.15) is 18.4 Å². The minimum Gasteiger partial charge on any atom is -0.459 e. The molecule has 3 aromatic carbocycles. The lowest BCUT2D eigenvalue weighted by molar-refractivity contribution is -0.147. The minimum atomic E-state index is -0.913. The van der Waals surface area contributed by atoms with Gasteiger partial charge in [-0.25, -0.2) is 4.79 Å². The van der Waals surface area contributed by atoms with Crippen LogP contribution < -0.4 is 10.1 Å². The Bertz CT molecular complexity index is 1030. The van der Waals surface area contributed by atoms with E-state index in [1.807, 2.05) is 60.7 Å². The van der Waals surface area contributed by atoms with Crippen LogP contribution in [0.3, 0.4) is 0 Å². The summed E-state index contributed by atoms with van der Waals surface area (Å²) in [4.78, 5) is 37.1. The summed E-state index contributed by atoms with van der Waals surface area (Å²) in [6, 6.07) is 24.1. The van der Waals surface area contributed by atoms with Crippen LogP contribution in [0.25, 0.3) is 0 Å². The Morgan fingerprint density at radius 3 is 2.03 bits per heavy atom. The predicted molar refractivity (Wildman–Crippen MR) is 115 cm³/mol. The second kappa shape index (κ2) is 10.7. The first-order valence-corrected chi connectivity index (χ1v) is 9.85. The van der Waals surface area contributed by atoms with Crippen LogP contribution in [0.5, 0.6) is 5.75 Å². The van der Waals surface area contributed by atoms with E-state index < -0.39 is 23.9 Å². The maximum Gasteiger partial charge on any atom is 0.329 e. The topological polar surface area (TPSA) is 81.7 Å². The molecule has 0 unspecified atom stereocenters. The molecule has 0 radical (unpaired) electrons. The second-order valence-corrected chi connectivity index (χ2v) is 6.90. The van der Waals surface area contributed by atoms with Crippen molar-refractivity contribution < 1.29 is 23.9 Å². The first-order valence-electron chi connectivity index (χ1n) is 9.85. The Hall–Kier alpha value is -3.93. The van der Waals surface area contributed by atoms with Gasteiger partial charge in [-0.05, 0) is 23.3 Å². The highest BCUT2D eigenvalue weighted by molar-refractivity contribution is 5.99. The van der Waals surface area contributed by atoms with Crippen molar-refractivity contribution in [1.29, 1.82) is 0 Å². The van der Waals surface area contributed by atoms with E-state index in [9.17, 15) is 14.4 Å². The molecular formula is C25H23NO5. The normalized spacial score (nSPS) is 11.3.